The van der Waals surface area contributed by atoms with E-state index in [4.69, 9.17) is 4.52 Å². The summed E-state index contributed by atoms with van der Waals surface area (Å²) >= 11 is 1.45. The maximum Gasteiger partial charge on any atom is 0.257 e. The molecule has 0 unspecified atom stereocenters. The minimum atomic E-state index is 0.512. The van der Waals surface area contributed by atoms with Gasteiger partial charge in [-0.15, -0.1) is 5.10 Å². The topological polar surface area (TPSA) is 82.5 Å². The molecule has 7 nitrogen and oxygen atoms in total. The molecule has 0 radical (unpaired) electrons. The number of hydrogen-bond acceptors (Lipinski definition) is 7. The third-order valence-corrected chi connectivity index (χ3v) is 4.45. The molecule has 124 valence electrons. The highest BCUT2D eigenvalue weighted by atomic mass is 32.2. The average molecular weight is 350 g/mol. The van der Waals surface area contributed by atoms with Gasteiger partial charge in [-0.05, 0) is 41.6 Å². The Morgan fingerprint density at radius 2 is 1.84 bits per heavy atom. The first-order valence-corrected chi connectivity index (χ1v) is 8.64. The van der Waals surface area contributed by atoms with Crippen molar-refractivity contribution in [2.24, 2.45) is 0 Å². The van der Waals surface area contributed by atoms with Crippen molar-refractivity contribution >= 4 is 11.8 Å². The van der Waals surface area contributed by atoms with Crippen LogP contribution in [0.25, 0.3) is 17.1 Å². The zero-order valence-corrected chi connectivity index (χ0v) is 14.2. The maximum absolute atomic E-state index is 5.34. The molecular weight excluding hydrogens is 336 g/mol. The predicted octanol–water partition coefficient (Wildman–Crippen LogP) is 3.31. The van der Waals surface area contributed by atoms with Crippen molar-refractivity contribution in [3.63, 3.8) is 0 Å². The van der Waals surface area contributed by atoms with Crippen LogP contribution in [0.5, 0.6) is 0 Å². The van der Waals surface area contributed by atoms with Gasteiger partial charge >= 0.3 is 0 Å². The summed E-state index contributed by atoms with van der Waals surface area (Å²) in [7, 11) is 0. The van der Waals surface area contributed by atoms with Gasteiger partial charge in [0.05, 0.1) is 11.4 Å². The van der Waals surface area contributed by atoms with E-state index < -0.39 is 0 Å². The number of tetrazole rings is 1. The summed E-state index contributed by atoms with van der Waals surface area (Å²) in [6.45, 7) is 2.04. The molecule has 25 heavy (non-hydrogen) atoms. The van der Waals surface area contributed by atoms with Crippen molar-refractivity contribution in [1.82, 2.24) is 30.3 Å². The van der Waals surface area contributed by atoms with Crippen LogP contribution in [-0.4, -0.2) is 30.3 Å². The second kappa shape index (κ2) is 6.86. The number of aryl methyl sites for hydroxylation is 1. The van der Waals surface area contributed by atoms with Crippen LogP contribution < -0.4 is 0 Å². The molecule has 0 saturated carbocycles. The van der Waals surface area contributed by atoms with Gasteiger partial charge in [0.2, 0.25) is 5.16 Å². The van der Waals surface area contributed by atoms with Crippen molar-refractivity contribution in [1.29, 1.82) is 0 Å². The quantitative estimate of drug-likeness (QED) is 0.511. The van der Waals surface area contributed by atoms with Crippen LogP contribution in [0.1, 0.15) is 11.4 Å². The highest BCUT2D eigenvalue weighted by molar-refractivity contribution is 7.98. The molecule has 0 aliphatic rings. The first kappa shape index (κ1) is 15.5. The summed E-state index contributed by atoms with van der Waals surface area (Å²) < 4.78 is 7.03. The Morgan fingerprint density at radius 1 is 1.04 bits per heavy atom. The molecule has 0 aliphatic carbocycles. The molecular formula is C17H14N6OS. The van der Waals surface area contributed by atoms with Gasteiger partial charge in [0.15, 0.2) is 5.82 Å². The van der Waals surface area contributed by atoms with E-state index in [9.17, 15) is 0 Å². The van der Waals surface area contributed by atoms with Crippen molar-refractivity contribution in [3.8, 4) is 17.1 Å². The Balaban J connectivity index is 1.48. The fourth-order valence-electron chi connectivity index (χ4n) is 2.26. The molecule has 0 spiro atoms. The molecule has 0 N–H and O–H groups in total. The first-order valence-electron chi connectivity index (χ1n) is 7.66. The zero-order chi connectivity index (χ0) is 17.1. The molecule has 0 atom stereocenters. The summed E-state index contributed by atoms with van der Waals surface area (Å²) in [5.74, 6) is 1.63. The highest BCUT2D eigenvalue weighted by Crippen LogP contribution is 2.23. The third-order valence-electron chi connectivity index (χ3n) is 3.54. The first-order chi connectivity index (χ1) is 12.3. The van der Waals surface area contributed by atoms with E-state index in [1.807, 2.05) is 61.5 Å². The van der Waals surface area contributed by atoms with Crippen LogP contribution in [0.2, 0.25) is 0 Å². The average Bonchev–Trinajstić information content (AvgIpc) is 3.31. The standard InChI is InChI=1S/C17H14N6OS/c1-12-7-9-13(10-8-12)16-18-15(20-24-16)11-25-17-19-21-22-23(17)14-5-3-2-4-6-14/h2-10H,11H2,1H3. The number of aromatic nitrogens is 6. The van der Waals surface area contributed by atoms with Gasteiger partial charge in [-0.3, -0.25) is 0 Å². The van der Waals surface area contributed by atoms with E-state index in [2.05, 4.69) is 25.7 Å². The van der Waals surface area contributed by atoms with E-state index >= 15 is 0 Å². The predicted molar refractivity (Wildman–Crippen MR) is 93.2 cm³/mol. The molecule has 4 aromatic rings. The lowest BCUT2D eigenvalue weighted by molar-refractivity contribution is 0.425. The SMILES string of the molecule is Cc1ccc(-c2nc(CSc3nnnn3-c3ccccc3)no2)cc1. The summed E-state index contributed by atoms with van der Waals surface area (Å²) in [5.41, 5.74) is 3.00. The van der Waals surface area contributed by atoms with Crippen LogP contribution in [-0.2, 0) is 5.75 Å². The van der Waals surface area contributed by atoms with Crippen LogP contribution in [0.4, 0.5) is 0 Å². The molecule has 0 bridgehead atoms. The van der Waals surface area contributed by atoms with Crippen molar-refractivity contribution in [2.45, 2.75) is 17.8 Å². The lowest BCUT2D eigenvalue weighted by atomic mass is 10.1. The Morgan fingerprint density at radius 3 is 2.64 bits per heavy atom. The molecule has 0 fully saturated rings. The highest BCUT2D eigenvalue weighted by Gasteiger charge is 2.13. The second-order valence-corrected chi connectivity index (χ2v) is 6.32. The maximum atomic E-state index is 5.34. The van der Waals surface area contributed by atoms with Crippen LogP contribution in [0.3, 0.4) is 0 Å². The number of nitrogens with zero attached hydrogens (tertiary/aromatic N) is 6. The molecule has 0 aliphatic heterocycles. The summed E-state index contributed by atoms with van der Waals surface area (Å²) in [4.78, 5) is 4.44. The Labute approximate surface area is 148 Å². The Bertz CT molecular complexity index is 964. The second-order valence-electron chi connectivity index (χ2n) is 5.38. The molecule has 0 saturated heterocycles. The lowest BCUT2D eigenvalue weighted by Crippen LogP contribution is -1.98. The van der Waals surface area contributed by atoms with Gasteiger partial charge in [0.1, 0.15) is 0 Å². The number of para-hydroxylation sites is 1. The zero-order valence-electron chi connectivity index (χ0n) is 13.4. The van der Waals surface area contributed by atoms with Gasteiger partial charge in [0, 0.05) is 5.56 Å². The van der Waals surface area contributed by atoms with Gasteiger partial charge in [0.25, 0.3) is 5.89 Å². The van der Waals surface area contributed by atoms with Gasteiger partial charge in [-0.1, -0.05) is 52.8 Å². The number of rotatable bonds is 5. The van der Waals surface area contributed by atoms with E-state index in [1.165, 1.54) is 17.3 Å². The summed E-state index contributed by atoms with van der Waals surface area (Å²) in [6.07, 6.45) is 0. The van der Waals surface area contributed by atoms with Gasteiger partial charge in [-0.2, -0.15) is 9.67 Å². The summed E-state index contributed by atoms with van der Waals surface area (Å²) in [6, 6.07) is 17.7. The van der Waals surface area contributed by atoms with Crippen LogP contribution in [0, 0.1) is 6.92 Å². The minimum absolute atomic E-state index is 0.512. The molecule has 2 aromatic carbocycles. The van der Waals surface area contributed by atoms with Crippen molar-refractivity contribution < 1.29 is 4.52 Å². The number of benzene rings is 2. The van der Waals surface area contributed by atoms with Gasteiger partial charge in [-0.25, -0.2) is 0 Å². The van der Waals surface area contributed by atoms with E-state index in [0.29, 0.717) is 22.6 Å². The minimum Gasteiger partial charge on any atom is -0.334 e. The molecule has 2 aromatic heterocycles. The monoisotopic (exact) mass is 350 g/mol. The van der Waals surface area contributed by atoms with Crippen molar-refractivity contribution in [2.75, 3.05) is 0 Å². The smallest absolute Gasteiger partial charge is 0.257 e. The van der Waals surface area contributed by atoms with Crippen LogP contribution >= 0.6 is 11.8 Å². The van der Waals surface area contributed by atoms with Gasteiger partial charge < -0.3 is 4.52 Å². The molecule has 4 rings (SSSR count). The molecule has 2 heterocycles. The number of hydrogen-bond donors (Lipinski definition) is 0. The molecule has 0 amide bonds. The summed E-state index contributed by atoms with van der Waals surface area (Å²) in [5, 5.41) is 16.5. The Hall–Kier alpha value is -3.00. The fourth-order valence-corrected chi connectivity index (χ4v) is 2.99. The van der Waals surface area contributed by atoms with E-state index in [1.54, 1.807) is 4.68 Å². The van der Waals surface area contributed by atoms with E-state index in [0.717, 1.165) is 11.3 Å². The molecule has 8 heteroatoms. The van der Waals surface area contributed by atoms with Crippen LogP contribution in [0.15, 0.2) is 64.3 Å². The number of thioether (sulfide) groups is 1. The normalized spacial score (nSPS) is 10.9. The van der Waals surface area contributed by atoms with Crippen molar-refractivity contribution in [3.05, 3.63) is 66.0 Å². The fraction of sp³-hybridized carbons (Fsp3) is 0.118. The third kappa shape index (κ3) is 3.43. The Kier molecular flexibility index (Phi) is 4.26. The largest absolute Gasteiger partial charge is 0.334 e. The van der Waals surface area contributed by atoms with E-state index in [-0.39, 0.29) is 0 Å². The lowest BCUT2D eigenvalue weighted by Gasteiger charge is -2.02.